The first-order valence-electron chi connectivity index (χ1n) is 9.02. The minimum Gasteiger partial charge on any atom is -0.335 e. The zero-order chi connectivity index (χ0) is 19.2. The van der Waals surface area contributed by atoms with Crippen LogP contribution in [0.3, 0.4) is 0 Å². The fraction of sp³-hybridized carbons (Fsp3) is 0.400. The summed E-state index contributed by atoms with van der Waals surface area (Å²) in [7, 11) is 0. The van der Waals surface area contributed by atoms with Crippen LogP contribution in [0.4, 0.5) is 18.0 Å². The van der Waals surface area contributed by atoms with Crippen LogP contribution in [-0.2, 0) is 12.6 Å². The van der Waals surface area contributed by atoms with Crippen LogP contribution in [-0.4, -0.2) is 28.5 Å². The Labute approximate surface area is 155 Å². The van der Waals surface area contributed by atoms with Crippen molar-refractivity contribution in [3.8, 4) is 0 Å². The highest BCUT2D eigenvalue weighted by atomic mass is 19.4. The first-order chi connectivity index (χ1) is 12.8. The lowest BCUT2D eigenvalue weighted by Crippen LogP contribution is -2.47. The summed E-state index contributed by atoms with van der Waals surface area (Å²) >= 11 is 0. The highest BCUT2D eigenvalue weighted by Gasteiger charge is 2.39. The lowest BCUT2D eigenvalue weighted by Gasteiger charge is -2.37. The third kappa shape index (κ3) is 3.50. The van der Waals surface area contributed by atoms with Crippen molar-refractivity contribution in [3.05, 3.63) is 65.0 Å². The summed E-state index contributed by atoms with van der Waals surface area (Å²) in [5.74, 6) is 0.466. The summed E-state index contributed by atoms with van der Waals surface area (Å²) in [5, 5.41) is 3.02. The van der Waals surface area contributed by atoms with E-state index in [2.05, 4.69) is 17.2 Å². The number of nitrogens with zero attached hydrogens (tertiary/aromatic N) is 2. The van der Waals surface area contributed by atoms with Crippen molar-refractivity contribution in [2.24, 2.45) is 5.92 Å². The van der Waals surface area contributed by atoms with Crippen LogP contribution in [0.2, 0.25) is 0 Å². The van der Waals surface area contributed by atoms with Crippen LogP contribution in [0, 0.1) is 5.92 Å². The topological polar surface area (TPSA) is 45.2 Å². The van der Waals surface area contributed by atoms with Gasteiger partial charge < -0.3 is 10.2 Å². The van der Waals surface area contributed by atoms with Gasteiger partial charge in [-0.1, -0.05) is 25.1 Å². The molecule has 1 fully saturated rings. The van der Waals surface area contributed by atoms with Gasteiger partial charge in [-0.3, -0.25) is 4.98 Å². The molecule has 4 rings (SSSR count). The summed E-state index contributed by atoms with van der Waals surface area (Å²) < 4.78 is 38.7. The molecule has 0 bridgehead atoms. The molecule has 2 aliphatic rings. The molecule has 1 aromatic carbocycles. The Morgan fingerprint density at radius 1 is 1.22 bits per heavy atom. The number of alkyl halides is 3. The second kappa shape index (κ2) is 6.55. The maximum Gasteiger partial charge on any atom is 0.416 e. The number of halogens is 3. The Morgan fingerprint density at radius 3 is 2.56 bits per heavy atom. The normalized spacial score (nSPS) is 24.3. The average Bonchev–Trinajstić information content (AvgIpc) is 3.34. The van der Waals surface area contributed by atoms with Gasteiger partial charge in [-0.2, -0.15) is 13.2 Å². The Balaban J connectivity index is 1.69. The number of carbonyl (C=O) groups is 1. The Hall–Kier alpha value is -2.57. The van der Waals surface area contributed by atoms with E-state index in [4.69, 9.17) is 0 Å². The minimum atomic E-state index is -4.39. The van der Waals surface area contributed by atoms with E-state index in [1.165, 1.54) is 12.1 Å². The van der Waals surface area contributed by atoms with Gasteiger partial charge >= 0.3 is 12.2 Å². The molecule has 3 atom stereocenters. The van der Waals surface area contributed by atoms with Crippen molar-refractivity contribution in [3.63, 3.8) is 0 Å². The van der Waals surface area contributed by atoms with Gasteiger partial charge in [0.05, 0.1) is 11.3 Å². The molecule has 1 N–H and O–H groups in total. The van der Waals surface area contributed by atoms with E-state index in [0.29, 0.717) is 24.4 Å². The first kappa shape index (κ1) is 17.8. The number of nitrogens with one attached hydrogen (secondary N) is 1. The third-order valence-corrected chi connectivity index (χ3v) is 5.35. The molecule has 4 nitrogen and oxygen atoms in total. The molecule has 1 unspecified atom stereocenters. The van der Waals surface area contributed by atoms with Crippen molar-refractivity contribution >= 4 is 6.03 Å². The SMILES string of the molecule is C[C@@H]1CC1NC(=O)N1CCc2cccnc2[C@H]1c1ccc(C(F)(F)F)cc1. The van der Waals surface area contributed by atoms with Gasteiger partial charge in [0.15, 0.2) is 0 Å². The maximum absolute atomic E-state index is 12.9. The van der Waals surface area contributed by atoms with Crippen molar-refractivity contribution in [1.82, 2.24) is 15.2 Å². The van der Waals surface area contributed by atoms with Crippen molar-refractivity contribution in [2.75, 3.05) is 6.54 Å². The Kier molecular flexibility index (Phi) is 4.32. The molecule has 1 aliphatic heterocycles. The first-order valence-corrected chi connectivity index (χ1v) is 9.02. The van der Waals surface area contributed by atoms with Gasteiger partial charge in [-0.15, -0.1) is 0 Å². The van der Waals surface area contributed by atoms with Gasteiger partial charge in [0.25, 0.3) is 0 Å². The van der Waals surface area contributed by atoms with Crippen LogP contribution in [0.25, 0.3) is 0 Å². The predicted molar refractivity (Wildman–Crippen MR) is 94.0 cm³/mol. The molecule has 1 aromatic heterocycles. The van der Waals surface area contributed by atoms with Gasteiger partial charge in [0.1, 0.15) is 6.04 Å². The number of benzene rings is 1. The highest BCUT2D eigenvalue weighted by Crippen LogP contribution is 2.37. The molecule has 142 valence electrons. The van der Waals surface area contributed by atoms with Gasteiger partial charge in [-0.25, -0.2) is 4.79 Å². The average molecular weight is 375 g/mol. The molecule has 2 amide bonds. The number of pyridine rings is 1. The Morgan fingerprint density at radius 2 is 1.93 bits per heavy atom. The number of fused-ring (bicyclic) bond motifs is 1. The van der Waals surface area contributed by atoms with Gasteiger partial charge in [0, 0.05) is 18.8 Å². The van der Waals surface area contributed by atoms with Crippen LogP contribution < -0.4 is 5.32 Å². The summed E-state index contributed by atoms with van der Waals surface area (Å²) in [5.41, 5.74) is 1.67. The second-order valence-electron chi connectivity index (χ2n) is 7.28. The summed E-state index contributed by atoms with van der Waals surface area (Å²) in [6.45, 7) is 2.57. The summed E-state index contributed by atoms with van der Waals surface area (Å²) in [4.78, 5) is 19.0. The monoisotopic (exact) mass is 375 g/mol. The van der Waals surface area contributed by atoms with Crippen LogP contribution in [0.1, 0.15) is 41.8 Å². The van der Waals surface area contributed by atoms with Crippen molar-refractivity contribution in [1.29, 1.82) is 0 Å². The van der Waals surface area contributed by atoms with E-state index in [-0.39, 0.29) is 12.1 Å². The minimum absolute atomic E-state index is 0.177. The number of hydrogen-bond acceptors (Lipinski definition) is 2. The van der Waals surface area contributed by atoms with E-state index >= 15 is 0 Å². The van der Waals surface area contributed by atoms with Crippen molar-refractivity contribution in [2.45, 2.75) is 38.0 Å². The van der Waals surface area contributed by atoms with E-state index in [1.807, 2.05) is 12.1 Å². The molecule has 0 radical (unpaired) electrons. The quantitative estimate of drug-likeness (QED) is 0.857. The van der Waals surface area contributed by atoms with Crippen LogP contribution in [0.5, 0.6) is 0 Å². The van der Waals surface area contributed by atoms with E-state index in [1.54, 1.807) is 11.1 Å². The molecular weight excluding hydrogens is 355 g/mol. The standard InChI is InChI=1S/C20H20F3N3O/c1-12-11-16(12)25-19(27)26-10-8-13-3-2-9-24-17(13)18(26)14-4-6-15(7-5-14)20(21,22)23/h2-7,9,12,16,18H,8,10-11H2,1H3,(H,25,27)/t12-,16?,18-/m1/s1. The number of hydrogen-bond donors (Lipinski definition) is 1. The zero-order valence-electron chi connectivity index (χ0n) is 14.8. The van der Waals surface area contributed by atoms with E-state index in [9.17, 15) is 18.0 Å². The summed E-state index contributed by atoms with van der Waals surface area (Å²) in [6, 6.07) is 8.29. The molecule has 1 aliphatic carbocycles. The predicted octanol–water partition coefficient (Wildman–Crippen LogP) is 4.17. The molecule has 7 heteroatoms. The van der Waals surface area contributed by atoms with Crippen LogP contribution >= 0.6 is 0 Å². The zero-order valence-corrected chi connectivity index (χ0v) is 14.8. The number of carbonyl (C=O) groups excluding carboxylic acids is 1. The van der Waals surface area contributed by atoms with E-state index < -0.39 is 17.8 Å². The highest BCUT2D eigenvalue weighted by molar-refractivity contribution is 5.76. The molecule has 2 aromatic rings. The molecule has 0 saturated heterocycles. The molecule has 27 heavy (non-hydrogen) atoms. The largest absolute Gasteiger partial charge is 0.416 e. The number of aromatic nitrogens is 1. The fourth-order valence-corrected chi connectivity index (χ4v) is 3.60. The fourth-order valence-electron chi connectivity index (χ4n) is 3.60. The lowest BCUT2D eigenvalue weighted by molar-refractivity contribution is -0.137. The lowest BCUT2D eigenvalue weighted by atomic mass is 9.92. The molecular formula is C20H20F3N3O. The van der Waals surface area contributed by atoms with E-state index in [0.717, 1.165) is 29.8 Å². The summed E-state index contributed by atoms with van der Waals surface area (Å²) in [6.07, 6.45) is -1.10. The Bertz CT molecular complexity index is 850. The third-order valence-electron chi connectivity index (χ3n) is 5.35. The van der Waals surface area contributed by atoms with Gasteiger partial charge in [0.2, 0.25) is 0 Å². The van der Waals surface area contributed by atoms with Crippen molar-refractivity contribution < 1.29 is 18.0 Å². The number of rotatable bonds is 2. The molecule has 2 heterocycles. The second-order valence-corrected chi connectivity index (χ2v) is 7.28. The maximum atomic E-state index is 12.9. The molecule has 0 spiro atoms. The number of urea groups is 1. The van der Waals surface area contributed by atoms with Gasteiger partial charge in [-0.05, 0) is 48.1 Å². The van der Waals surface area contributed by atoms with Crippen LogP contribution in [0.15, 0.2) is 42.6 Å². The number of amides is 2. The molecule has 1 saturated carbocycles. The smallest absolute Gasteiger partial charge is 0.335 e.